The predicted octanol–water partition coefficient (Wildman–Crippen LogP) is 4.74. The summed E-state index contributed by atoms with van der Waals surface area (Å²) in [6, 6.07) is 5.05. The monoisotopic (exact) mass is 256 g/mol. The number of methoxy groups -OCH3 is 1. The number of hydrogen-bond acceptors (Lipinski definition) is 1. The van der Waals surface area contributed by atoms with Gasteiger partial charge in [-0.05, 0) is 23.1 Å². The van der Waals surface area contributed by atoms with Crippen molar-refractivity contribution in [3.8, 4) is 5.75 Å². The second-order valence-corrected chi connectivity index (χ2v) is 5.94. The van der Waals surface area contributed by atoms with E-state index in [0.717, 1.165) is 5.56 Å². The summed E-state index contributed by atoms with van der Waals surface area (Å²) in [7, 11) is 1.42. The van der Waals surface area contributed by atoms with Crippen molar-refractivity contribution in [2.45, 2.75) is 46.0 Å². The maximum absolute atomic E-state index is 14.2. The van der Waals surface area contributed by atoms with Gasteiger partial charge in [0, 0.05) is 5.92 Å². The van der Waals surface area contributed by atoms with Gasteiger partial charge in [-0.25, -0.2) is 8.78 Å². The summed E-state index contributed by atoms with van der Waals surface area (Å²) in [6.45, 7) is 9.05. The first kappa shape index (κ1) is 14.9. The van der Waals surface area contributed by atoms with E-state index in [0.29, 0.717) is 0 Å². The van der Waals surface area contributed by atoms with E-state index in [1.807, 2.05) is 26.8 Å². The van der Waals surface area contributed by atoms with Crippen molar-refractivity contribution in [2.75, 3.05) is 7.11 Å². The largest absolute Gasteiger partial charge is 0.496 e. The second kappa shape index (κ2) is 4.87. The fourth-order valence-corrected chi connectivity index (χ4v) is 1.75. The van der Waals surface area contributed by atoms with Crippen LogP contribution in [0.4, 0.5) is 8.78 Å². The Hall–Kier alpha value is -1.12. The smallest absolute Gasteiger partial charge is 0.279 e. The molecule has 1 aromatic rings. The Morgan fingerprint density at radius 3 is 2.06 bits per heavy atom. The first-order valence-corrected chi connectivity index (χ1v) is 6.17. The molecule has 1 nitrogen and oxygen atoms in total. The lowest BCUT2D eigenvalue weighted by Gasteiger charge is -2.26. The molecule has 1 aromatic carbocycles. The summed E-state index contributed by atoms with van der Waals surface area (Å²) < 4.78 is 33.5. The lowest BCUT2D eigenvalue weighted by molar-refractivity contribution is -0.0531. The zero-order valence-corrected chi connectivity index (χ0v) is 12.0. The van der Waals surface area contributed by atoms with E-state index in [1.54, 1.807) is 12.1 Å². The van der Waals surface area contributed by atoms with Crippen molar-refractivity contribution in [1.29, 1.82) is 0 Å². The predicted molar refractivity (Wildman–Crippen MR) is 70.4 cm³/mol. The van der Waals surface area contributed by atoms with Crippen LogP contribution in [0.5, 0.6) is 5.75 Å². The Morgan fingerprint density at radius 1 is 1.11 bits per heavy atom. The van der Waals surface area contributed by atoms with Gasteiger partial charge in [0.2, 0.25) is 0 Å². The van der Waals surface area contributed by atoms with Crippen LogP contribution in [0.15, 0.2) is 18.2 Å². The summed E-state index contributed by atoms with van der Waals surface area (Å²) in [6.07, 6.45) is 0. The molecule has 0 fully saturated rings. The molecule has 0 saturated carbocycles. The van der Waals surface area contributed by atoms with Crippen molar-refractivity contribution < 1.29 is 13.5 Å². The van der Waals surface area contributed by atoms with Crippen molar-refractivity contribution in [3.63, 3.8) is 0 Å². The molecule has 0 spiro atoms. The molecule has 0 unspecified atom stereocenters. The van der Waals surface area contributed by atoms with E-state index in [-0.39, 0.29) is 16.7 Å². The molecule has 1 rings (SSSR count). The zero-order chi connectivity index (χ0) is 14.1. The third-order valence-electron chi connectivity index (χ3n) is 3.15. The third kappa shape index (κ3) is 2.82. The molecule has 0 saturated heterocycles. The second-order valence-electron chi connectivity index (χ2n) is 5.94. The first-order chi connectivity index (χ1) is 8.10. The Balaban J connectivity index is 3.40. The molecule has 0 N–H and O–H groups in total. The summed E-state index contributed by atoms with van der Waals surface area (Å²) >= 11 is 0. The van der Waals surface area contributed by atoms with Gasteiger partial charge in [0.15, 0.2) is 0 Å². The highest BCUT2D eigenvalue weighted by Gasteiger charge is 2.39. The topological polar surface area (TPSA) is 9.23 Å². The minimum absolute atomic E-state index is 0.0209. The molecule has 0 heterocycles. The Kier molecular flexibility index (Phi) is 4.04. The van der Waals surface area contributed by atoms with E-state index in [2.05, 4.69) is 0 Å². The normalized spacial score (nSPS) is 12.9. The van der Waals surface area contributed by atoms with E-state index < -0.39 is 11.8 Å². The molecule has 102 valence electrons. The van der Waals surface area contributed by atoms with Gasteiger partial charge in [-0.1, -0.05) is 40.7 Å². The maximum Gasteiger partial charge on any atom is 0.279 e. The highest BCUT2D eigenvalue weighted by molar-refractivity contribution is 5.42. The van der Waals surface area contributed by atoms with Crippen LogP contribution in [0.1, 0.15) is 45.7 Å². The van der Waals surface area contributed by atoms with Crippen LogP contribution < -0.4 is 4.74 Å². The number of alkyl halides is 2. The van der Waals surface area contributed by atoms with Gasteiger partial charge in [-0.3, -0.25) is 0 Å². The zero-order valence-electron chi connectivity index (χ0n) is 12.0. The summed E-state index contributed by atoms with van der Waals surface area (Å²) in [5, 5.41) is 0. The van der Waals surface area contributed by atoms with E-state index in [4.69, 9.17) is 4.74 Å². The van der Waals surface area contributed by atoms with Crippen LogP contribution in [0, 0.1) is 5.92 Å². The minimum atomic E-state index is -2.88. The molecule has 0 aliphatic rings. The average Bonchev–Trinajstić information content (AvgIpc) is 2.26. The molecule has 0 bridgehead atoms. The molecule has 3 heteroatoms. The lowest BCUT2D eigenvalue weighted by Crippen LogP contribution is -2.23. The van der Waals surface area contributed by atoms with Gasteiger partial charge < -0.3 is 4.74 Å². The van der Waals surface area contributed by atoms with Crippen LogP contribution in [0.25, 0.3) is 0 Å². The van der Waals surface area contributed by atoms with E-state index >= 15 is 0 Å². The summed E-state index contributed by atoms with van der Waals surface area (Å²) in [4.78, 5) is 0. The standard InChI is InChI=1S/C15H22F2O/c1-10(2)15(16,17)12-9-11(14(3,4)5)7-8-13(12)18-6/h7-10H,1-6H3. The summed E-state index contributed by atoms with van der Waals surface area (Å²) in [5.74, 6) is -3.39. The fraction of sp³-hybridized carbons (Fsp3) is 0.600. The van der Waals surface area contributed by atoms with E-state index in [1.165, 1.54) is 21.0 Å². The Bertz CT molecular complexity index is 417. The van der Waals surface area contributed by atoms with Crippen LogP contribution in [0.2, 0.25) is 0 Å². The molecule has 0 aliphatic carbocycles. The Morgan fingerprint density at radius 2 is 1.67 bits per heavy atom. The lowest BCUT2D eigenvalue weighted by atomic mass is 9.84. The van der Waals surface area contributed by atoms with Gasteiger partial charge >= 0.3 is 0 Å². The number of ether oxygens (including phenoxy) is 1. The highest BCUT2D eigenvalue weighted by atomic mass is 19.3. The van der Waals surface area contributed by atoms with Crippen LogP contribution in [-0.2, 0) is 11.3 Å². The molecule has 0 amide bonds. The van der Waals surface area contributed by atoms with Gasteiger partial charge in [0.1, 0.15) is 5.75 Å². The SMILES string of the molecule is COc1ccc(C(C)(C)C)cc1C(F)(F)C(C)C. The number of hydrogen-bond donors (Lipinski definition) is 0. The quantitative estimate of drug-likeness (QED) is 0.759. The highest BCUT2D eigenvalue weighted by Crippen LogP contribution is 2.42. The van der Waals surface area contributed by atoms with Crippen molar-refractivity contribution in [2.24, 2.45) is 5.92 Å². The molecule has 0 aliphatic heterocycles. The van der Waals surface area contributed by atoms with Crippen molar-refractivity contribution >= 4 is 0 Å². The molecule has 0 radical (unpaired) electrons. The minimum Gasteiger partial charge on any atom is -0.496 e. The molecule has 0 atom stereocenters. The number of benzene rings is 1. The Labute approximate surface area is 108 Å². The average molecular weight is 256 g/mol. The van der Waals surface area contributed by atoms with E-state index in [9.17, 15) is 8.78 Å². The first-order valence-electron chi connectivity index (χ1n) is 6.17. The van der Waals surface area contributed by atoms with Gasteiger partial charge in [0.05, 0.1) is 12.7 Å². The summed E-state index contributed by atoms with van der Waals surface area (Å²) in [5.41, 5.74) is 0.708. The molecular formula is C15H22F2O. The number of rotatable bonds is 3. The molecule has 18 heavy (non-hydrogen) atoms. The maximum atomic E-state index is 14.2. The molecule has 0 aromatic heterocycles. The fourth-order valence-electron chi connectivity index (χ4n) is 1.75. The molecular weight excluding hydrogens is 234 g/mol. The van der Waals surface area contributed by atoms with Crippen molar-refractivity contribution in [3.05, 3.63) is 29.3 Å². The van der Waals surface area contributed by atoms with Crippen LogP contribution in [-0.4, -0.2) is 7.11 Å². The third-order valence-corrected chi connectivity index (χ3v) is 3.15. The van der Waals surface area contributed by atoms with Crippen LogP contribution in [0.3, 0.4) is 0 Å². The van der Waals surface area contributed by atoms with Crippen molar-refractivity contribution in [1.82, 2.24) is 0 Å². The van der Waals surface area contributed by atoms with Gasteiger partial charge in [-0.15, -0.1) is 0 Å². The van der Waals surface area contributed by atoms with Gasteiger partial charge in [0.25, 0.3) is 5.92 Å². The van der Waals surface area contributed by atoms with Gasteiger partial charge in [-0.2, -0.15) is 0 Å². The number of halogens is 2. The van der Waals surface area contributed by atoms with Crippen LogP contribution >= 0.6 is 0 Å².